The van der Waals surface area contributed by atoms with Crippen molar-refractivity contribution in [2.24, 2.45) is 16.4 Å². The minimum Gasteiger partial charge on any atom is -0.488 e. The number of carbonyl (C=O) groups is 2. The van der Waals surface area contributed by atoms with E-state index in [1.54, 1.807) is 31.2 Å². The van der Waals surface area contributed by atoms with Crippen molar-refractivity contribution in [3.05, 3.63) is 104 Å². The maximum absolute atomic E-state index is 14.7. The number of halogens is 1. The van der Waals surface area contributed by atoms with Crippen LogP contribution in [0.4, 0.5) is 15.8 Å². The van der Waals surface area contributed by atoms with Gasteiger partial charge in [-0.2, -0.15) is 10.1 Å². The maximum atomic E-state index is 14.7. The second-order valence-corrected chi connectivity index (χ2v) is 11.7. The van der Waals surface area contributed by atoms with E-state index in [1.165, 1.54) is 35.4 Å². The van der Waals surface area contributed by atoms with Gasteiger partial charge in [0.2, 0.25) is 5.76 Å². The van der Waals surface area contributed by atoms with Crippen LogP contribution < -0.4 is 9.75 Å². The van der Waals surface area contributed by atoms with Gasteiger partial charge in [-0.05, 0) is 62.0 Å². The van der Waals surface area contributed by atoms with Crippen molar-refractivity contribution >= 4 is 40.1 Å². The average molecular weight is 587 g/mol. The molecule has 10 nitrogen and oxygen atoms in total. The third-order valence-corrected chi connectivity index (χ3v) is 9.61. The van der Waals surface area contributed by atoms with E-state index in [4.69, 9.17) is 14.4 Å². The SMILES string of the molecule is CC1=NN(c2ccccc2)C(=O)[C@]12C[C@@H]1C(=O)c3cc(F)ccc3O[C@H]1[C@H](c1onc(C)c1[N+](=O)[O-])[C@H]2c1cccs1. The number of hydrogen-bond donors (Lipinski definition) is 0. The van der Waals surface area contributed by atoms with Crippen molar-refractivity contribution in [1.29, 1.82) is 0 Å². The van der Waals surface area contributed by atoms with E-state index in [0.717, 1.165) is 10.9 Å². The van der Waals surface area contributed by atoms with Crippen molar-refractivity contribution in [1.82, 2.24) is 5.16 Å². The van der Waals surface area contributed by atoms with Gasteiger partial charge in [0.25, 0.3) is 5.91 Å². The van der Waals surface area contributed by atoms with Crippen LogP contribution in [0.25, 0.3) is 0 Å². The minimum absolute atomic E-state index is 0.00391. The highest BCUT2D eigenvalue weighted by molar-refractivity contribution is 7.10. The molecule has 42 heavy (non-hydrogen) atoms. The first-order chi connectivity index (χ1) is 20.2. The van der Waals surface area contributed by atoms with Crippen LogP contribution in [-0.4, -0.2) is 33.6 Å². The second-order valence-electron chi connectivity index (χ2n) is 10.8. The van der Waals surface area contributed by atoms with Gasteiger partial charge in [0, 0.05) is 10.8 Å². The van der Waals surface area contributed by atoms with Gasteiger partial charge in [-0.3, -0.25) is 19.7 Å². The number of amides is 1. The van der Waals surface area contributed by atoms with Gasteiger partial charge >= 0.3 is 5.69 Å². The van der Waals surface area contributed by atoms with Gasteiger partial charge in [0.1, 0.15) is 23.1 Å². The summed E-state index contributed by atoms with van der Waals surface area (Å²) in [7, 11) is 0. The van der Waals surface area contributed by atoms with Crippen LogP contribution in [-0.2, 0) is 4.79 Å². The Labute approximate surface area is 242 Å². The van der Waals surface area contributed by atoms with E-state index in [-0.39, 0.29) is 40.8 Å². The molecule has 1 amide bonds. The van der Waals surface area contributed by atoms with Crippen LogP contribution in [0.15, 0.2) is 75.7 Å². The fourth-order valence-electron chi connectivity index (χ4n) is 6.86. The summed E-state index contributed by atoms with van der Waals surface area (Å²) in [5.74, 6) is -4.01. The molecule has 212 valence electrons. The lowest BCUT2D eigenvalue weighted by Crippen LogP contribution is -2.58. The first-order valence-corrected chi connectivity index (χ1v) is 14.2. The van der Waals surface area contributed by atoms with Gasteiger partial charge in [-0.25, -0.2) is 4.39 Å². The molecule has 1 fully saturated rings. The van der Waals surface area contributed by atoms with Crippen LogP contribution in [0.3, 0.4) is 0 Å². The zero-order chi connectivity index (χ0) is 29.3. The largest absolute Gasteiger partial charge is 0.488 e. The van der Waals surface area contributed by atoms with Gasteiger partial charge in [-0.15, -0.1) is 11.3 Å². The lowest BCUT2D eigenvalue weighted by molar-refractivity contribution is -0.387. The molecule has 0 radical (unpaired) electrons. The van der Waals surface area contributed by atoms with Crippen molar-refractivity contribution in [3.63, 3.8) is 0 Å². The first-order valence-electron chi connectivity index (χ1n) is 13.3. The summed E-state index contributed by atoms with van der Waals surface area (Å²) in [4.78, 5) is 41.3. The standard InChI is InChI=1S/C30H23FN4O6S/c1-15-25(35(38)39)28(41-33-15)23-24(22-9-6-12-42-22)30(16(2)32-34(29(30)37)18-7-4-3-5-8-18)14-20-26(36)19-13-17(31)10-11-21(19)40-27(20)23/h3-13,20,23-24,27H,14H2,1-2H3/t20-,23-,24-,27-,30-/m1/s1. The predicted molar refractivity (Wildman–Crippen MR) is 150 cm³/mol. The molecule has 12 heteroatoms. The van der Waals surface area contributed by atoms with E-state index in [2.05, 4.69) is 5.16 Å². The number of nitro groups is 1. The number of aromatic nitrogens is 1. The normalized spacial score (nSPS) is 26.5. The molecule has 2 aliphatic heterocycles. The molecule has 4 aromatic rings. The Hall–Kier alpha value is -4.71. The number of carbonyl (C=O) groups excluding carboxylic acids is 2. The summed E-state index contributed by atoms with van der Waals surface area (Å²) in [6.45, 7) is 3.21. The van der Waals surface area contributed by atoms with E-state index < -0.39 is 45.8 Å². The summed E-state index contributed by atoms with van der Waals surface area (Å²) in [6.07, 6.45) is -0.963. The Morgan fingerprint density at radius 3 is 2.62 bits per heavy atom. The fourth-order valence-corrected chi connectivity index (χ4v) is 7.82. The Bertz CT molecular complexity index is 1790. The Morgan fingerprint density at radius 2 is 1.90 bits per heavy atom. The molecule has 5 atom stereocenters. The highest BCUT2D eigenvalue weighted by Gasteiger charge is 2.67. The summed E-state index contributed by atoms with van der Waals surface area (Å²) >= 11 is 1.39. The minimum atomic E-state index is -1.40. The van der Waals surface area contributed by atoms with Crippen LogP contribution in [0.2, 0.25) is 0 Å². The van der Waals surface area contributed by atoms with E-state index in [9.17, 15) is 24.1 Å². The molecular formula is C30H23FN4O6S. The number of hydrogen-bond acceptors (Lipinski definition) is 9. The van der Waals surface area contributed by atoms with Gasteiger partial charge in [0.05, 0.1) is 33.7 Å². The second kappa shape index (κ2) is 9.41. The highest BCUT2D eigenvalue weighted by atomic mass is 32.1. The topological polar surface area (TPSA) is 128 Å². The van der Waals surface area contributed by atoms with Crippen molar-refractivity contribution in [3.8, 4) is 5.75 Å². The molecule has 1 aliphatic carbocycles. The Kier molecular flexibility index (Phi) is 5.87. The number of hydrazone groups is 1. The first kappa shape index (κ1) is 26.2. The summed E-state index contributed by atoms with van der Waals surface area (Å²) in [5, 5.41) is 24.2. The average Bonchev–Trinajstić information content (AvgIpc) is 3.70. The lowest BCUT2D eigenvalue weighted by atomic mass is 9.53. The zero-order valence-electron chi connectivity index (χ0n) is 22.4. The number of nitrogens with zero attached hydrogens (tertiary/aromatic N) is 4. The van der Waals surface area contributed by atoms with Crippen LogP contribution in [0.1, 0.15) is 51.9 Å². The number of para-hydroxylation sites is 1. The maximum Gasteiger partial charge on any atom is 0.334 e. The van der Waals surface area contributed by atoms with Gasteiger partial charge in [-0.1, -0.05) is 29.4 Å². The number of anilines is 1. The Balaban J connectivity index is 1.50. The van der Waals surface area contributed by atoms with Crippen LogP contribution >= 0.6 is 11.3 Å². The molecule has 1 saturated carbocycles. The van der Waals surface area contributed by atoms with Crippen molar-refractivity contribution < 1.29 is 28.2 Å². The van der Waals surface area contributed by atoms with Crippen molar-refractivity contribution in [2.75, 3.05) is 5.01 Å². The molecular weight excluding hydrogens is 563 g/mol. The number of thiophene rings is 1. The molecule has 0 saturated heterocycles. The molecule has 0 N–H and O–H groups in total. The lowest BCUT2D eigenvalue weighted by Gasteiger charge is -2.51. The van der Waals surface area contributed by atoms with Crippen LogP contribution in [0, 0.1) is 34.2 Å². The molecule has 4 heterocycles. The number of rotatable bonds is 4. The van der Waals surface area contributed by atoms with Crippen LogP contribution in [0.5, 0.6) is 5.75 Å². The number of fused-ring (bicyclic) bond motifs is 2. The molecule has 2 aromatic heterocycles. The number of ketones is 1. The Morgan fingerprint density at radius 1 is 1.12 bits per heavy atom. The molecule has 7 rings (SSSR count). The molecule has 0 unspecified atom stereocenters. The summed E-state index contributed by atoms with van der Waals surface area (Å²) < 4.78 is 26.4. The van der Waals surface area contributed by atoms with E-state index >= 15 is 0 Å². The van der Waals surface area contributed by atoms with Gasteiger partial charge in [0.15, 0.2) is 11.5 Å². The number of ether oxygens (including phenoxy) is 1. The monoisotopic (exact) mass is 586 g/mol. The van der Waals surface area contributed by atoms with Crippen molar-refractivity contribution in [2.45, 2.75) is 38.2 Å². The number of benzene rings is 2. The molecule has 2 aromatic carbocycles. The zero-order valence-corrected chi connectivity index (χ0v) is 23.2. The third kappa shape index (κ3) is 3.60. The predicted octanol–water partition coefficient (Wildman–Crippen LogP) is 6.03. The fraction of sp³-hybridized carbons (Fsp3) is 0.267. The summed E-state index contributed by atoms with van der Waals surface area (Å²) in [6, 6.07) is 16.3. The third-order valence-electron chi connectivity index (χ3n) is 8.65. The quantitative estimate of drug-likeness (QED) is 0.211. The summed E-state index contributed by atoms with van der Waals surface area (Å²) in [5.41, 5.74) is -0.612. The van der Waals surface area contributed by atoms with Gasteiger partial charge < -0.3 is 9.26 Å². The van der Waals surface area contributed by atoms with E-state index in [0.29, 0.717) is 11.4 Å². The smallest absolute Gasteiger partial charge is 0.334 e. The van der Waals surface area contributed by atoms with E-state index in [1.807, 2.05) is 23.6 Å². The number of aryl methyl sites for hydroxylation is 1. The molecule has 0 bridgehead atoms. The molecule has 3 aliphatic rings. The molecule has 1 spiro atoms. The number of Topliss-reactive ketones (excluding diaryl/α,β-unsaturated/α-hetero) is 1. The highest BCUT2D eigenvalue weighted by Crippen LogP contribution is 2.63.